The Bertz CT molecular complexity index is 682. The summed E-state index contributed by atoms with van der Waals surface area (Å²) in [4.78, 5) is 37.6. The predicted molar refractivity (Wildman–Crippen MR) is 94.1 cm³/mol. The minimum Gasteiger partial charge on any atom is -0.480 e. The van der Waals surface area contributed by atoms with Gasteiger partial charge in [0.2, 0.25) is 11.8 Å². The van der Waals surface area contributed by atoms with Crippen LogP contribution in [0.5, 0.6) is 0 Å². The normalized spacial score (nSPS) is 19.7. The Morgan fingerprint density at radius 1 is 1.33 bits per heavy atom. The second-order valence-electron chi connectivity index (χ2n) is 6.54. The summed E-state index contributed by atoms with van der Waals surface area (Å²) in [7, 11) is 0. The van der Waals surface area contributed by atoms with E-state index in [9.17, 15) is 14.4 Å². The summed E-state index contributed by atoms with van der Waals surface area (Å²) in [6, 6.07) is 4.46. The summed E-state index contributed by atoms with van der Waals surface area (Å²) in [6.07, 6.45) is 0.0487. The van der Waals surface area contributed by atoms with Gasteiger partial charge in [-0.1, -0.05) is 18.2 Å². The number of amides is 2. The van der Waals surface area contributed by atoms with Gasteiger partial charge >= 0.3 is 5.97 Å². The first-order valence-corrected chi connectivity index (χ1v) is 8.53. The second-order valence-corrected chi connectivity index (χ2v) is 8.39. The molecule has 2 atom stereocenters. The average Bonchev–Trinajstić information content (AvgIpc) is 2.73. The summed E-state index contributed by atoms with van der Waals surface area (Å²) in [6.45, 7) is 7.06. The fourth-order valence-corrected chi connectivity index (χ4v) is 4.24. The molecule has 6 nitrogen and oxygen atoms in total. The quantitative estimate of drug-likeness (QED) is 0.786. The molecule has 0 bridgehead atoms. The van der Waals surface area contributed by atoms with Gasteiger partial charge in [-0.2, -0.15) is 0 Å². The zero-order chi connectivity index (χ0) is 18.2. The van der Waals surface area contributed by atoms with Crippen LogP contribution in [0.15, 0.2) is 18.2 Å². The lowest BCUT2D eigenvalue weighted by Crippen LogP contribution is -2.48. The van der Waals surface area contributed by atoms with Gasteiger partial charge in [-0.05, 0) is 38.8 Å². The van der Waals surface area contributed by atoms with Crippen molar-refractivity contribution < 1.29 is 19.5 Å². The van der Waals surface area contributed by atoms with Gasteiger partial charge in [0, 0.05) is 11.2 Å². The lowest BCUT2D eigenvalue weighted by atomic mass is 10.1. The van der Waals surface area contributed by atoms with E-state index in [1.165, 1.54) is 4.90 Å². The number of nitrogens with two attached hydrogens (primary N) is 1. The SMILES string of the molecule is Cc1cccc(C)c1N1C(=O)C[C@@H](SC(C)(C)[C@H](N)C(=O)O)C1=O. The molecule has 24 heavy (non-hydrogen) atoms. The molecule has 0 aromatic heterocycles. The zero-order valence-electron chi connectivity index (χ0n) is 14.2. The maximum absolute atomic E-state index is 12.8. The third kappa shape index (κ3) is 3.32. The number of benzene rings is 1. The Balaban J connectivity index is 2.28. The first-order valence-electron chi connectivity index (χ1n) is 7.65. The van der Waals surface area contributed by atoms with Crippen LogP contribution in [0.1, 0.15) is 31.4 Å². The fraction of sp³-hybridized carbons (Fsp3) is 0.471. The van der Waals surface area contributed by atoms with Gasteiger partial charge in [-0.3, -0.25) is 14.4 Å². The molecular formula is C17H22N2O4S. The van der Waals surface area contributed by atoms with E-state index >= 15 is 0 Å². The minimum atomic E-state index is -1.13. The standard InChI is InChI=1S/C17H22N2O4S/c1-9-6-5-7-10(2)13(9)19-12(20)8-11(15(19)21)24-17(3,4)14(18)16(22)23/h5-7,11,14H,8,18H2,1-4H3,(H,22,23)/t11-,14-/m1/s1. The summed E-state index contributed by atoms with van der Waals surface area (Å²) >= 11 is 1.15. The number of aryl methyl sites for hydroxylation is 2. The number of hydrogen-bond acceptors (Lipinski definition) is 5. The molecule has 0 spiro atoms. The highest BCUT2D eigenvalue weighted by molar-refractivity contribution is 8.02. The van der Waals surface area contributed by atoms with Crippen molar-refractivity contribution in [1.82, 2.24) is 0 Å². The number of rotatable bonds is 5. The molecule has 1 fully saturated rings. The number of imide groups is 1. The number of thioether (sulfide) groups is 1. The predicted octanol–water partition coefficient (Wildman–Crippen LogP) is 1.86. The Hall–Kier alpha value is -1.86. The second kappa shape index (κ2) is 6.57. The van der Waals surface area contributed by atoms with Gasteiger partial charge in [0.05, 0.1) is 10.9 Å². The van der Waals surface area contributed by atoms with Crippen molar-refractivity contribution in [3.05, 3.63) is 29.3 Å². The molecule has 0 radical (unpaired) electrons. The van der Waals surface area contributed by atoms with Crippen LogP contribution in [0.2, 0.25) is 0 Å². The van der Waals surface area contributed by atoms with Crippen LogP contribution in [-0.4, -0.2) is 38.9 Å². The van der Waals surface area contributed by atoms with Crippen LogP contribution in [0.25, 0.3) is 0 Å². The Morgan fingerprint density at radius 3 is 2.38 bits per heavy atom. The highest BCUT2D eigenvalue weighted by atomic mass is 32.2. The number of carboxylic acid groups (broad SMARTS) is 1. The summed E-state index contributed by atoms with van der Waals surface area (Å²) in [5.41, 5.74) is 8.04. The van der Waals surface area contributed by atoms with Gasteiger partial charge in [0.1, 0.15) is 6.04 Å². The molecule has 1 aromatic rings. The lowest BCUT2D eigenvalue weighted by Gasteiger charge is -2.30. The van der Waals surface area contributed by atoms with E-state index in [4.69, 9.17) is 10.8 Å². The third-order valence-corrected chi connectivity index (χ3v) is 5.74. The Kier molecular flexibility index (Phi) is 5.05. The van der Waals surface area contributed by atoms with Gasteiger partial charge in [-0.25, -0.2) is 4.90 Å². The van der Waals surface area contributed by atoms with Crippen LogP contribution in [-0.2, 0) is 14.4 Å². The van der Waals surface area contributed by atoms with E-state index in [1.54, 1.807) is 13.8 Å². The average molecular weight is 350 g/mol. The molecule has 3 N–H and O–H groups in total. The molecule has 1 aliphatic rings. The topological polar surface area (TPSA) is 101 Å². The monoisotopic (exact) mass is 350 g/mol. The molecule has 0 unspecified atom stereocenters. The van der Waals surface area contributed by atoms with Crippen LogP contribution >= 0.6 is 11.8 Å². The number of aliphatic carboxylic acids is 1. The number of hydrogen-bond donors (Lipinski definition) is 2. The lowest BCUT2D eigenvalue weighted by molar-refractivity contribution is -0.139. The largest absolute Gasteiger partial charge is 0.480 e. The van der Waals surface area contributed by atoms with Crippen LogP contribution in [0, 0.1) is 13.8 Å². The number of nitrogens with zero attached hydrogens (tertiary/aromatic N) is 1. The van der Waals surface area contributed by atoms with E-state index in [0.29, 0.717) is 5.69 Å². The molecule has 2 amide bonds. The van der Waals surface area contributed by atoms with E-state index in [2.05, 4.69) is 0 Å². The highest BCUT2D eigenvalue weighted by Gasteiger charge is 2.45. The van der Waals surface area contributed by atoms with Crippen molar-refractivity contribution in [2.24, 2.45) is 5.73 Å². The maximum Gasteiger partial charge on any atom is 0.321 e. The first-order chi connectivity index (χ1) is 11.1. The number of carbonyl (C=O) groups is 3. The van der Waals surface area contributed by atoms with Crippen LogP contribution in [0.4, 0.5) is 5.69 Å². The third-order valence-electron chi connectivity index (χ3n) is 4.23. The van der Waals surface area contributed by atoms with Crippen molar-refractivity contribution >= 4 is 35.2 Å². The number of para-hydroxylation sites is 1. The molecule has 1 aliphatic heterocycles. The van der Waals surface area contributed by atoms with Gasteiger partial charge < -0.3 is 10.8 Å². The molecule has 2 rings (SSSR count). The Labute approximate surface area is 145 Å². The van der Waals surface area contributed by atoms with Crippen LogP contribution < -0.4 is 10.6 Å². The highest BCUT2D eigenvalue weighted by Crippen LogP contribution is 2.39. The van der Waals surface area contributed by atoms with Crippen LogP contribution in [0.3, 0.4) is 0 Å². The molecular weight excluding hydrogens is 328 g/mol. The summed E-state index contributed by atoms with van der Waals surface area (Å²) in [5.74, 6) is -1.71. The molecule has 1 aromatic carbocycles. The fourth-order valence-electron chi connectivity index (χ4n) is 2.83. The van der Waals surface area contributed by atoms with Crippen molar-refractivity contribution in [3.8, 4) is 0 Å². The van der Waals surface area contributed by atoms with E-state index in [-0.39, 0.29) is 18.2 Å². The molecule has 0 aliphatic carbocycles. The summed E-state index contributed by atoms with van der Waals surface area (Å²) in [5, 5.41) is 8.48. The van der Waals surface area contributed by atoms with Crippen molar-refractivity contribution in [2.45, 2.75) is 50.2 Å². The Morgan fingerprint density at radius 2 is 1.88 bits per heavy atom. The number of carboxylic acids is 1. The number of carbonyl (C=O) groups excluding carboxylic acids is 2. The molecule has 1 saturated heterocycles. The zero-order valence-corrected chi connectivity index (χ0v) is 15.0. The van der Waals surface area contributed by atoms with E-state index < -0.39 is 22.0 Å². The van der Waals surface area contributed by atoms with Crippen molar-refractivity contribution in [3.63, 3.8) is 0 Å². The first kappa shape index (κ1) is 18.5. The van der Waals surface area contributed by atoms with Crippen molar-refractivity contribution in [2.75, 3.05) is 4.90 Å². The molecule has 130 valence electrons. The van der Waals surface area contributed by atoms with Crippen molar-refractivity contribution in [1.29, 1.82) is 0 Å². The van der Waals surface area contributed by atoms with Gasteiger partial charge in [0.25, 0.3) is 0 Å². The smallest absolute Gasteiger partial charge is 0.321 e. The minimum absolute atomic E-state index is 0.0487. The van der Waals surface area contributed by atoms with E-state index in [1.807, 2.05) is 32.0 Å². The maximum atomic E-state index is 12.8. The molecule has 7 heteroatoms. The van der Waals surface area contributed by atoms with E-state index in [0.717, 1.165) is 22.9 Å². The molecule has 1 heterocycles. The van der Waals surface area contributed by atoms with Gasteiger partial charge in [-0.15, -0.1) is 11.8 Å². The van der Waals surface area contributed by atoms with Gasteiger partial charge in [0.15, 0.2) is 0 Å². The number of anilines is 1. The molecule has 0 saturated carbocycles. The summed E-state index contributed by atoms with van der Waals surface area (Å²) < 4.78 is -0.872.